The van der Waals surface area contributed by atoms with Crippen LogP contribution in [0.5, 0.6) is 0 Å². The van der Waals surface area contributed by atoms with Crippen molar-refractivity contribution < 1.29 is 14.0 Å². The number of rotatable bonds is 7. The molecule has 0 spiro atoms. The van der Waals surface area contributed by atoms with Crippen molar-refractivity contribution >= 4 is 14.4 Å². The van der Waals surface area contributed by atoms with Gasteiger partial charge in [0.25, 0.3) is 0 Å². The van der Waals surface area contributed by atoms with Crippen molar-refractivity contribution in [3.05, 3.63) is 29.6 Å². The van der Waals surface area contributed by atoms with Crippen molar-refractivity contribution in [3.8, 4) is 6.07 Å². The predicted octanol–water partition coefficient (Wildman–Crippen LogP) is 5.14. The molecule has 0 aliphatic carbocycles. The average molecular weight is 432 g/mol. The number of likely N-dealkylation sites (tertiary alicyclic amines) is 1. The first-order valence-electron chi connectivity index (χ1n) is 11.0. The standard InChI is InChI=1S/C23H37N3O3Si/c1-23(2,3)28-22(27)26-14-11-19(12-15-26)21(29-30(4,5)6)9-7-8-18-10-13-25-20(16-18)17-24/h10,13,16,19,21H,7-9,11-12,14-15H2,1-6H3. The molecule has 0 radical (unpaired) electrons. The van der Waals surface area contributed by atoms with Gasteiger partial charge in [0, 0.05) is 25.4 Å². The molecule has 30 heavy (non-hydrogen) atoms. The lowest BCUT2D eigenvalue weighted by atomic mass is 9.88. The van der Waals surface area contributed by atoms with E-state index >= 15 is 0 Å². The van der Waals surface area contributed by atoms with E-state index in [1.807, 2.05) is 37.8 Å². The Balaban J connectivity index is 1.92. The highest BCUT2D eigenvalue weighted by Gasteiger charge is 2.33. The summed E-state index contributed by atoms with van der Waals surface area (Å²) in [5.41, 5.74) is 1.15. The van der Waals surface area contributed by atoms with Crippen molar-refractivity contribution in [1.29, 1.82) is 5.26 Å². The number of piperidine rings is 1. The molecule has 0 saturated carbocycles. The third-order valence-electron chi connectivity index (χ3n) is 5.12. The van der Waals surface area contributed by atoms with Gasteiger partial charge in [-0.2, -0.15) is 5.26 Å². The van der Waals surface area contributed by atoms with Crippen molar-refractivity contribution in [3.63, 3.8) is 0 Å². The number of hydrogen-bond acceptors (Lipinski definition) is 5. The molecule has 1 atom stereocenters. The minimum absolute atomic E-state index is 0.213. The van der Waals surface area contributed by atoms with Crippen LogP contribution in [-0.4, -0.2) is 49.1 Å². The van der Waals surface area contributed by atoms with E-state index in [0.29, 0.717) is 11.6 Å². The molecule has 1 aromatic heterocycles. The van der Waals surface area contributed by atoms with E-state index in [1.165, 1.54) is 0 Å². The molecule has 1 fully saturated rings. The molecule has 1 aliphatic heterocycles. The van der Waals surface area contributed by atoms with Gasteiger partial charge in [-0.15, -0.1) is 0 Å². The lowest BCUT2D eigenvalue weighted by molar-refractivity contribution is 0.00902. The Morgan fingerprint density at radius 3 is 2.57 bits per heavy atom. The zero-order valence-electron chi connectivity index (χ0n) is 19.4. The lowest BCUT2D eigenvalue weighted by Crippen LogP contribution is -2.45. The Kier molecular flexibility index (Phi) is 8.45. The molecule has 6 nitrogen and oxygen atoms in total. The molecule has 7 heteroatoms. The second kappa shape index (κ2) is 10.4. The molecule has 2 heterocycles. The van der Waals surface area contributed by atoms with E-state index in [4.69, 9.17) is 14.4 Å². The van der Waals surface area contributed by atoms with Crippen LogP contribution in [0.2, 0.25) is 19.6 Å². The minimum atomic E-state index is -1.68. The van der Waals surface area contributed by atoms with E-state index in [2.05, 4.69) is 30.7 Å². The van der Waals surface area contributed by atoms with Gasteiger partial charge in [-0.05, 0) is 96.1 Å². The maximum Gasteiger partial charge on any atom is 0.410 e. The number of carbonyl (C=O) groups excluding carboxylic acids is 1. The number of carbonyl (C=O) groups is 1. The molecule has 0 aromatic carbocycles. The van der Waals surface area contributed by atoms with Gasteiger partial charge in [-0.25, -0.2) is 9.78 Å². The Hall–Kier alpha value is -1.91. The zero-order chi connectivity index (χ0) is 22.4. The van der Waals surface area contributed by atoms with E-state index < -0.39 is 13.9 Å². The molecule has 1 amide bonds. The van der Waals surface area contributed by atoms with Gasteiger partial charge < -0.3 is 14.1 Å². The van der Waals surface area contributed by atoms with Gasteiger partial charge in [-0.3, -0.25) is 0 Å². The summed E-state index contributed by atoms with van der Waals surface area (Å²) in [7, 11) is -1.68. The van der Waals surface area contributed by atoms with E-state index in [-0.39, 0.29) is 12.2 Å². The highest BCUT2D eigenvalue weighted by molar-refractivity contribution is 6.69. The average Bonchev–Trinajstić information content (AvgIpc) is 2.65. The van der Waals surface area contributed by atoms with Gasteiger partial charge in [0.15, 0.2) is 8.32 Å². The van der Waals surface area contributed by atoms with Crippen LogP contribution in [0.25, 0.3) is 0 Å². The summed E-state index contributed by atoms with van der Waals surface area (Å²) >= 11 is 0. The molecule has 1 saturated heterocycles. The van der Waals surface area contributed by atoms with Crippen LogP contribution >= 0.6 is 0 Å². The predicted molar refractivity (Wildman–Crippen MR) is 121 cm³/mol. The quantitative estimate of drug-likeness (QED) is 0.559. The number of aryl methyl sites for hydroxylation is 1. The Bertz CT molecular complexity index is 741. The summed E-state index contributed by atoms with van der Waals surface area (Å²) in [5.74, 6) is 0.461. The van der Waals surface area contributed by atoms with Gasteiger partial charge in [0.1, 0.15) is 17.4 Å². The molecular formula is C23H37N3O3Si. The number of nitrogens with zero attached hydrogens (tertiary/aromatic N) is 3. The summed E-state index contributed by atoms with van der Waals surface area (Å²) in [6.07, 6.45) is 6.52. The fourth-order valence-corrected chi connectivity index (χ4v) is 5.04. The van der Waals surface area contributed by atoms with Crippen LogP contribution in [0.3, 0.4) is 0 Å². The first-order chi connectivity index (χ1) is 14.0. The SMILES string of the molecule is CC(C)(C)OC(=O)N1CCC(C(CCCc2ccnc(C#N)c2)O[Si](C)(C)C)CC1. The number of ether oxygens (including phenoxy) is 1. The van der Waals surface area contributed by atoms with E-state index in [1.54, 1.807) is 6.20 Å². The summed E-state index contributed by atoms with van der Waals surface area (Å²) in [4.78, 5) is 18.2. The summed E-state index contributed by atoms with van der Waals surface area (Å²) in [6.45, 7) is 13.9. The number of pyridine rings is 1. The van der Waals surface area contributed by atoms with Crippen molar-refractivity contribution in [2.45, 2.75) is 84.2 Å². The summed E-state index contributed by atoms with van der Waals surface area (Å²) in [5, 5.41) is 9.03. The zero-order valence-corrected chi connectivity index (χ0v) is 20.4. The fourth-order valence-electron chi connectivity index (χ4n) is 3.82. The van der Waals surface area contributed by atoms with Gasteiger partial charge >= 0.3 is 6.09 Å². The van der Waals surface area contributed by atoms with Crippen LogP contribution in [0, 0.1) is 17.2 Å². The maximum atomic E-state index is 12.4. The van der Waals surface area contributed by atoms with Crippen LogP contribution in [-0.2, 0) is 15.6 Å². The second-order valence-electron chi connectivity index (χ2n) is 10.1. The molecule has 2 rings (SSSR count). The van der Waals surface area contributed by atoms with Crippen molar-refractivity contribution in [2.75, 3.05) is 13.1 Å². The molecule has 0 bridgehead atoms. The molecule has 166 valence electrons. The second-order valence-corrected chi connectivity index (χ2v) is 14.6. The van der Waals surface area contributed by atoms with Crippen molar-refractivity contribution in [1.82, 2.24) is 9.88 Å². The molecule has 1 aliphatic rings. The smallest absolute Gasteiger partial charge is 0.410 e. The lowest BCUT2D eigenvalue weighted by Gasteiger charge is -2.39. The number of nitriles is 1. The monoisotopic (exact) mass is 431 g/mol. The Labute approximate surface area is 182 Å². The van der Waals surface area contributed by atoms with Crippen molar-refractivity contribution in [2.24, 2.45) is 5.92 Å². The minimum Gasteiger partial charge on any atom is -0.444 e. The largest absolute Gasteiger partial charge is 0.444 e. The Morgan fingerprint density at radius 2 is 2.00 bits per heavy atom. The molecular weight excluding hydrogens is 394 g/mol. The number of aromatic nitrogens is 1. The van der Waals surface area contributed by atoms with Gasteiger partial charge in [0.05, 0.1) is 0 Å². The van der Waals surface area contributed by atoms with Crippen LogP contribution < -0.4 is 0 Å². The normalized spacial score (nSPS) is 16.8. The van der Waals surface area contributed by atoms with E-state index in [9.17, 15) is 4.79 Å². The highest BCUT2D eigenvalue weighted by Crippen LogP contribution is 2.29. The first-order valence-corrected chi connectivity index (χ1v) is 14.4. The highest BCUT2D eigenvalue weighted by atomic mass is 28.4. The third kappa shape index (κ3) is 8.45. The van der Waals surface area contributed by atoms with Crippen LogP contribution in [0.1, 0.15) is 57.7 Å². The summed E-state index contributed by atoms with van der Waals surface area (Å²) in [6, 6.07) is 5.95. The maximum absolute atomic E-state index is 12.4. The molecule has 1 aromatic rings. The summed E-state index contributed by atoms with van der Waals surface area (Å²) < 4.78 is 12.1. The molecule has 0 N–H and O–H groups in total. The number of hydrogen-bond donors (Lipinski definition) is 0. The topological polar surface area (TPSA) is 75.5 Å². The molecule has 1 unspecified atom stereocenters. The first kappa shape index (κ1) is 24.4. The fraction of sp³-hybridized carbons (Fsp3) is 0.696. The Morgan fingerprint density at radius 1 is 1.33 bits per heavy atom. The van der Waals surface area contributed by atoms with Gasteiger partial charge in [-0.1, -0.05) is 0 Å². The van der Waals surface area contributed by atoms with Gasteiger partial charge in [0.2, 0.25) is 0 Å². The van der Waals surface area contributed by atoms with E-state index in [0.717, 1.165) is 50.8 Å². The third-order valence-corrected chi connectivity index (χ3v) is 6.12. The number of amides is 1. The van der Waals surface area contributed by atoms with Crippen LogP contribution in [0.15, 0.2) is 18.3 Å². The van der Waals surface area contributed by atoms with Crippen LogP contribution in [0.4, 0.5) is 4.79 Å².